The molecule has 1 aliphatic heterocycles. The van der Waals surface area contributed by atoms with Gasteiger partial charge in [-0.05, 0) is 39.7 Å². The predicted molar refractivity (Wildman–Crippen MR) is 72.6 cm³/mol. The maximum Gasteiger partial charge on any atom is 0.252 e. The normalized spacial score (nSPS) is 23.4. The number of aliphatic imine (C=N–C) groups is 2. The van der Waals surface area contributed by atoms with E-state index in [-0.39, 0.29) is 11.4 Å². The molecule has 2 rings (SSSR count). The van der Waals surface area contributed by atoms with E-state index in [9.17, 15) is 4.79 Å². The Morgan fingerprint density at radius 3 is 2.65 bits per heavy atom. The minimum Gasteiger partial charge on any atom is -0.328 e. The van der Waals surface area contributed by atoms with Crippen LogP contribution in [0.4, 0.5) is 0 Å². The van der Waals surface area contributed by atoms with E-state index in [0.717, 1.165) is 24.1 Å². The number of amides is 1. The lowest BCUT2D eigenvalue weighted by molar-refractivity contribution is -0.127. The van der Waals surface area contributed by atoms with Gasteiger partial charge in [0.25, 0.3) is 5.91 Å². The summed E-state index contributed by atoms with van der Waals surface area (Å²) in [6.07, 6.45) is 4.09. The van der Waals surface area contributed by atoms with Gasteiger partial charge in [-0.25, -0.2) is 9.98 Å². The summed E-state index contributed by atoms with van der Waals surface area (Å²) in [5, 5.41) is 0.620. The Balaban J connectivity index is 2.22. The van der Waals surface area contributed by atoms with Crippen LogP contribution in [0.25, 0.3) is 0 Å². The molecule has 0 spiro atoms. The summed E-state index contributed by atoms with van der Waals surface area (Å²) >= 11 is 1.44. The molecule has 0 radical (unpaired) electrons. The number of hydrogen-bond acceptors (Lipinski definition) is 3. The first-order chi connectivity index (χ1) is 8.01. The quantitative estimate of drug-likeness (QED) is 0.557. The molecule has 5 heteroatoms. The Bertz CT molecular complexity index is 435. The van der Waals surface area contributed by atoms with Gasteiger partial charge < -0.3 is 4.90 Å². The van der Waals surface area contributed by atoms with Gasteiger partial charge in [0.2, 0.25) is 0 Å². The van der Waals surface area contributed by atoms with Crippen molar-refractivity contribution in [2.75, 3.05) is 12.8 Å². The summed E-state index contributed by atoms with van der Waals surface area (Å²) in [7, 11) is 0. The molecule has 0 N–H and O–H groups in total. The molecule has 1 heterocycles. The lowest BCUT2D eigenvalue weighted by Gasteiger charge is -2.24. The van der Waals surface area contributed by atoms with Gasteiger partial charge in [-0.15, -0.1) is 0 Å². The molecule has 1 amide bonds. The smallest absolute Gasteiger partial charge is 0.252 e. The number of hydrogen-bond donors (Lipinski definition) is 0. The summed E-state index contributed by atoms with van der Waals surface area (Å²) in [6, 6.07) is 0. The molecular weight excluding hydrogens is 234 g/mol. The highest BCUT2D eigenvalue weighted by molar-refractivity contribution is 8.13. The molecule has 0 unspecified atom stereocenters. The molecule has 0 bridgehead atoms. The zero-order valence-electron chi connectivity index (χ0n) is 10.5. The molecule has 1 aliphatic carbocycles. The highest BCUT2D eigenvalue weighted by Gasteiger charge is 2.48. The Morgan fingerprint density at radius 1 is 1.53 bits per heavy atom. The fourth-order valence-electron chi connectivity index (χ4n) is 1.93. The molecule has 92 valence electrons. The summed E-state index contributed by atoms with van der Waals surface area (Å²) < 4.78 is 0. The third-order valence-electron chi connectivity index (χ3n) is 3.48. The van der Waals surface area contributed by atoms with Crippen LogP contribution in [0.1, 0.15) is 26.7 Å². The average Bonchev–Trinajstić information content (AvgIpc) is 3.00. The van der Waals surface area contributed by atoms with E-state index in [0.29, 0.717) is 11.7 Å². The zero-order chi connectivity index (χ0) is 12.6. The summed E-state index contributed by atoms with van der Waals surface area (Å²) in [4.78, 5) is 22.3. The Hall–Kier alpha value is -1.10. The Kier molecular flexibility index (Phi) is 3.12. The van der Waals surface area contributed by atoms with E-state index < -0.39 is 0 Å². The van der Waals surface area contributed by atoms with E-state index in [1.165, 1.54) is 11.8 Å². The van der Waals surface area contributed by atoms with Crippen LogP contribution in [0.2, 0.25) is 0 Å². The van der Waals surface area contributed by atoms with Crippen molar-refractivity contribution in [3.63, 3.8) is 0 Å². The molecule has 1 saturated carbocycles. The van der Waals surface area contributed by atoms with Crippen LogP contribution < -0.4 is 0 Å². The van der Waals surface area contributed by atoms with Crippen LogP contribution >= 0.6 is 11.8 Å². The molecule has 0 aromatic heterocycles. The lowest BCUT2D eigenvalue weighted by Crippen LogP contribution is -2.37. The second kappa shape index (κ2) is 4.29. The summed E-state index contributed by atoms with van der Waals surface area (Å²) in [6.45, 7) is 8.06. The number of carbonyl (C=O) groups excluding carboxylic acids is 1. The minimum absolute atomic E-state index is 0.0662. The van der Waals surface area contributed by atoms with Gasteiger partial charge in [0.05, 0.1) is 12.2 Å². The monoisotopic (exact) mass is 251 g/mol. The number of nitrogens with zero attached hydrogens (tertiary/aromatic N) is 3. The molecule has 1 fully saturated rings. The molecule has 0 aromatic carbocycles. The second-order valence-corrected chi connectivity index (χ2v) is 5.49. The molecule has 4 nitrogen and oxygen atoms in total. The van der Waals surface area contributed by atoms with Gasteiger partial charge in [-0.3, -0.25) is 4.79 Å². The molecule has 0 atom stereocenters. The Morgan fingerprint density at radius 2 is 2.18 bits per heavy atom. The zero-order valence-corrected chi connectivity index (χ0v) is 11.3. The van der Waals surface area contributed by atoms with Crippen molar-refractivity contribution in [2.45, 2.75) is 32.2 Å². The Labute approximate surface area is 106 Å². The highest BCUT2D eigenvalue weighted by atomic mass is 32.2. The lowest BCUT2D eigenvalue weighted by atomic mass is 10.2. The second-order valence-electron chi connectivity index (χ2n) is 4.72. The van der Waals surface area contributed by atoms with Crippen LogP contribution in [0.15, 0.2) is 21.3 Å². The van der Waals surface area contributed by atoms with E-state index in [1.54, 1.807) is 0 Å². The first kappa shape index (κ1) is 12.4. The van der Waals surface area contributed by atoms with Crippen molar-refractivity contribution >= 4 is 29.6 Å². The van der Waals surface area contributed by atoms with Gasteiger partial charge in [0, 0.05) is 11.1 Å². The van der Waals surface area contributed by atoms with Gasteiger partial charge >= 0.3 is 0 Å². The molecule has 17 heavy (non-hydrogen) atoms. The number of carbonyl (C=O) groups is 1. The number of thioether (sulfide) groups is 1. The fraction of sp³-hybridized carbons (Fsp3) is 0.583. The van der Waals surface area contributed by atoms with Crippen LogP contribution in [0.3, 0.4) is 0 Å². The van der Waals surface area contributed by atoms with E-state index in [2.05, 4.69) is 23.6 Å². The van der Waals surface area contributed by atoms with Gasteiger partial charge in [-0.2, -0.15) is 0 Å². The highest BCUT2D eigenvalue weighted by Crippen LogP contribution is 2.44. The molecule has 2 aliphatic rings. The molecular formula is C12H17N3OS. The summed E-state index contributed by atoms with van der Waals surface area (Å²) in [5.41, 5.74) is 1.64. The average molecular weight is 251 g/mol. The third-order valence-corrected chi connectivity index (χ3v) is 4.07. The van der Waals surface area contributed by atoms with Gasteiger partial charge in [0.15, 0.2) is 5.17 Å². The van der Waals surface area contributed by atoms with Crippen molar-refractivity contribution in [1.29, 1.82) is 0 Å². The first-order valence-corrected chi connectivity index (χ1v) is 6.85. The van der Waals surface area contributed by atoms with Crippen molar-refractivity contribution < 1.29 is 4.79 Å². The van der Waals surface area contributed by atoms with Crippen molar-refractivity contribution in [3.8, 4) is 0 Å². The number of amidine groups is 1. The van der Waals surface area contributed by atoms with E-state index in [4.69, 9.17) is 0 Å². The topological polar surface area (TPSA) is 45.0 Å². The van der Waals surface area contributed by atoms with Crippen molar-refractivity contribution in [1.82, 2.24) is 4.90 Å². The molecule has 0 saturated heterocycles. The predicted octanol–water partition coefficient (Wildman–Crippen LogP) is 2.07. The summed E-state index contributed by atoms with van der Waals surface area (Å²) in [5.74, 6) is 0.119. The number of rotatable bonds is 2. The minimum atomic E-state index is 0.0662. The SMILES string of the molecule is C=N/C(=N\C1=C(C)C(=O)N(C2(C)CC2)C1)SC. The van der Waals surface area contributed by atoms with Crippen LogP contribution in [0, 0.1) is 0 Å². The van der Waals surface area contributed by atoms with Crippen LogP contribution in [0.5, 0.6) is 0 Å². The standard InChI is InChI=1S/C12H17N3OS/c1-8-9(14-11(13-3)17-4)7-15(10(8)16)12(2)5-6-12/h3,5-7H2,1-2,4H3/b14-11+. The maximum absolute atomic E-state index is 12.1. The van der Waals surface area contributed by atoms with Crippen LogP contribution in [-0.2, 0) is 4.79 Å². The maximum atomic E-state index is 12.1. The molecule has 0 aromatic rings. The van der Waals surface area contributed by atoms with Crippen molar-refractivity contribution in [3.05, 3.63) is 11.3 Å². The van der Waals surface area contributed by atoms with Crippen molar-refractivity contribution in [2.24, 2.45) is 9.98 Å². The van der Waals surface area contributed by atoms with Crippen LogP contribution in [-0.4, -0.2) is 41.0 Å². The third kappa shape index (κ3) is 2.16. The first-order valence-electron chi connectivity index (χ1n) is 5.63. The van der Waals surface area contributed by atoms with Gasteiger partial charge in [-0.1, -0.05) is 11.8 Å². The van der Waals surface area contributed by atoms with E-state index in [1.807, 2.05) is 18.1 Å². The fourth-order valence-corrected chi connectivity index (χ4v) is 2.26. The van der Waals surface area contributed by atoms with Gasteiger partial charge in [0.1, 0.15) is 0 Å². The van der Waals surface area contributed by atoms with E-state index >= 15 is 0 Å². The largest absolute Gasteiger partial charge is 0.328 e.